The molecule has 0 bridgehead atoms. The van der Waals surface area contributed by atoms with Crippen LogP contribution in [0.3, 0.4) is 0 Å². The molecule has 8 aromatic rings. The zero-order valence-corrected chi connectivity index (χ0v) is 70.8. The molecular weight excluding hydrogens is 1600 g/mol. The Hall–Kier alpha value is -12.8. The summed E-state index contributed by atoms with van der Waals surface area (Å²) in [5.41, 5.74) is 7.73. The fourth-order valence-electron chi connectivity index (χ4n) is 12.6. The van der Waals surface area contributed by atoms with Gasteiger partial charge in [0.2, 0.25) is 52.9 Å². The van der Waals surface area contributed by atoms with Gasteiger partial charge in [0.1, 0.15) is 29.5 Å². The number of likely N-dealkylation sites (N-methyl/N-ethyl adjacent to an activating group) is 1. The van der Waals surface area contributed by atoms with E-state index in [1.807, 2.05) is 7.05 Å². The van der Waals surface area contributed by atoms with Crippen molar-refractivity contribution in [2.24, 2.45) is 62.1 Å². The maximum atomic E-state index is 13.4. The minimum absolute atomic E-state index is 0.0345. The number of aliphatic hydroxyl groups is 2. The average Bonchev–Trinajstić information content (AvgIpc) is 1.69. The van der Waals surface area contributed by atoms with E-state index >= 15 is 0 Å². The van der Waals surface area contributed by atoms with E-state index in [1.165, 1.54) is 101 Å². The number of imidazole rings is 4. The molecule has 19 N–H and O–H groups in total. The summed E-state index contributed by atoms with van der Waals surface area (Å²) < 4.78 is 11.9. The van der Waals surface area contributed by atoms with Gasteiger partial charge in [0.25, 0.3) is 41.4 Å². The van der Waals surface area contributed by atoms with Gasteiger partial charge in [0, 0.05) is 202 Å². The number of nitrogens with two attached hydrogens (primary N) is 1. The minimum atomic E-state index is -1.18. The highest BCUT2D eigenvalue weighted by atomic mass is 32.2. The van der Waals surface area contributed by atoms with Crippen molar-refractivity contribution < 1.29 is 72.5 Å². The number of thioether (sulfide) groups is 1. The molecule has 0 spiro atoms. The highest BCUT2D eigenvalue weighted by molar-refractivity contribution is 7.99. The van der Waals surface area contributed by atoms with Crippen LogP contribution in [-0.2, 0) is 85.1 Å². The normalized spacial score (nSPS) is 11.9. The summed E-state index contributed by atoms with van der Waals surface area (Å²) in [5.74, 6) is -4.59. The lowest BCUT2D eigenvalue weighted by molar-refractivity contribution is -0.121. The number of carbonyl (C=O) groups is 13. The third kappa shape index (κ3) is 29.6. The van der Waals surface area contributed by atoms with Crippen molar-refractivity contribution in [1.82, 2.24) is 104 Å². The number of carbonyl (C=O) groups excluding carboxylic acids is 13. The topological polar surface area (TPSA) is 563 Å². The molecule has 122 heavy (non-hydrogen) atoms. The van der Waals surface area contributed by atoms with E-state index in [2.05, 4.69) is 105 Å². The van der Waals surface area contributed by atoms with Gasteiger partial charge in [0.15, 0.2) is 23.3 Å². The lowest BCUT2D eigenvalue weighted by Gasteiger charge is -2.18. The number of aliphatic hydroxyl groups excluding tert-OH is 2. The third-order valence-electron chi connectivity index (χ3n) is 19.0. The summed E-state index contributed by atoms with van der Waals surface area (Å²) in [5, 5.41) is 61.7. The molecule has 660 valence electrons. The van der Waals surface area contributed by atoms with Crippen molar-refractivity contribution >= 4 is 129 Å². The predicted molar refractivity (Wildman–Crippen MR) is 454 cm³/mol. The molecule has 0 aliphatic heterocycles. The lowest BCUT2D eigenvalue weighted by Crippen LogP contribution is -2.43. The smallest absolute Gasteiger partial charge is 0.291 e. The van der Waals surface area contributed by atoms with E-state index in [0.29, 0.717) is 56.0 Å². The van der Waals surface area contributed by atoms with E-state index in [1.54, 1.807) is 91.0 Å². The van der Waals surface area contributed by atoms with Crippen LogP contribution >= 0.6 is 11.8 Å². The van der Waals surface area contributed by atoms with Gasteiger partial charge in [-0.1, -0.05) is 0 Å². The molecule has 3 atom stereocenters. The highest BCUT2D eigenvalue weighted by Gasteiger charge is 2.25. The van der Waals surface area contributed by atoms with Crippen molar-refractivity contribution in [3.8, 4) is 0 Å². The van der Waals surface area contributed by atoms with Crippen molar-refractivity contribution in [3.05, 3.63) is 126 Å². The fourth-order valence-corrected chi connectivity index (χ4v) is 13.3. The number of aryl methyl sites for hydroxylation is 8. The molecule has 0 radical (unpaired) electrons. The second-order valence-electron chi connectivity index (χ2n) is 29.0. The van der Waals surface area contributed by atoms with E-state index in [0.717, 1.165) is 38.8 Å². The summed E-state index contributed by atoms with van der Waals surface area (Å²) in [6.07, 6.45) is 16.5. The molecule has 0 fully saturated rings. The van der Waals surface area contributed by atoms with E-state index in [9.17, 15) is 72.5 Å². The van der Waals surface area contributed by atoms with Gasteiger partial charge in [-0.2, -0.15) is 11.8 Å². The molecule has 8 rings (SSSR count). The number of nitrogens with one attached hydrogen (secondary N) is 15. The number of amides is 13. The first-order valence-corrected chi connectivity index (χ1v) is 40.7. The first kappa shape index (κ1) is 94.7. The van der Waals surface area contributed by atoms with Crippen LogP contribution in [-0.4, -0.2) is 245 Å². The average molecular weight is 1710 g/mol. The maximum absolute atomic E-state index is 13.4. The summed E-state index contributed by atoms with van der Waals surface area (Å²) in [4.78, 5) is 187. The van der Waals surface area contributed by atoms with Gasteiger partial charge >= 0.3 is 0 Å². The van der Waals surface area contributed by atoms with Crippen LogP contribution in [0.25, 0.3) is 0 Å². The molecule has 8 heterocycles. The van der Waals surface area contributed by atoms with Crippen LogP contribution in [0.15, 0.2) is 80.0 Å². The highest BCUT2D eigenvalue weighted by Crippen LogP contribution is 2.23. The van der Waals surface area contributed by atoms with E-state index in [-0.39, 0.29) is 163 Å². The maximum Gasteiger partial charge on any atom is 0.291 e. The largest absolute Gasteiger partial charge is 0.377 e. The Morgan fingerprint density at radius 3 is 1.29 bits per heavy atom. The molecule has 0 aromatic carbocycles. The Kier molecular flexibility index (Phi) is 36.2. The van der Waals surface area contributed by atoms with Crippen LogP contribution in [0, 0.1) is 0 Å². The van der Waals surface area contributed by atoms with E-state index < -0.39 is 71.5 Å². The summed E-state index contributed by atoms with van der Waals surface area (Å²) in [6, 6.07) is 5.76. The molecule has 0 aliphatic rings. The zero-order valence-electron chi connectivity index (χ0n) is 70.0. The number of unbranched alkanes of at least 4 members (excludes halogenated alkanes) is 2. The standard InChI is InChI=1S/C77H111N29O15S/c1-79-51(65(78)113)17-11-12-23-82-64(112)46-122-34-22-60(108)80-24-13-14-31-98(2)32-16-26-81-59(107)19-27-85-71(115)54-37-49(41-102(54)6)91-77(121)69-97-58(45-106(69)10)94-63(111)21-29-87-73(117)55-38-50(42-103(55)7)90-75(119)67-95-56(43-104(67)8)92-61(109)18-15-25-84-70(114)52-36-48(40-100(52)4)89-76(120)68-96-57(44-105(68)9)93-62(110)20-28-86-72(116)53-35-47(39-101(53)5)88-74(118)66-83-30-33-99(66)3/h30,33,35-45,51,65,72,79,86,113,116H,11-29,31-32,34,46,78H2,1-10H3,(H,80,108)(H,81,107)(H,82,112)(H,84,114)(H,85,115)(H,87,117)(H,88,118)(H,89,120)(H,90,119)(H,91,121)(H,92,109)(H,93,110)(H,94,111)/t51?,65-,72+/m0/s1. The zero-order chi connectivity index (χ0) is 88.7. The summed E-state index contributed by atoms with van der Waals surface area (Å²) in [6.45, 7) is 3.23. The van der Waals surface area contributed by atoms with Crippen LogP contribution < -0.4 is 85.5 Å². The van der Waals surface area contributed by atoms with Gasteiger partial charge in [-0.3, -0.25) is 67.6 Å². The Morgan fingerprint density at radius 2 is 0.811 bits per heavy atom. The molecule has 0 saturated carbocycles. The molecule has 44 nitrogen and oxygen atoms in total. The quantitative estimate of drug-likeness (QED) is 0.0179. The van der Waals surface area contributed by atoms with Crippen LogP contribution in [0.4, 0.5) is 40.2 Å². The van der Waals surface area contributed by atoms with Crippen molar-refractivity contribution in [3.63, 3.8) is 0 Å². The van der Waals surface area contributed by atoms with E-state index in [4.69, 9.17) is 5.73 Å². The number of aromatic nitrogens is 12. The van der Waals surface area contributed by atoms with Crippen molar-refractivity contribution in [2.75, 3.05) is 122 Å². The van der Waals surface area contributed by atoms with Crippen LogP contribution in [0.2, 0.25) is 0 Å². The predicted octanol–water partition coefficient (Wildman–Crippen LogP) is 0.230. The Labute approximate surface area is 707 Å². The molecule has 0 aliphatic carbocycles. The molecule has 13 amide bonds. The molecule has 8 aromatic heterocycles. The lowest BCUT2D eigenvalue weighted by atomic mass is 10.1. The first-order chi connectivity index (χ1) is 58.2. The van der Waals surface area contributed by atoms with Gasteiger partial charge in [0.05, 0.1) is 34.2 Å². The van der Waals surface area contributed by atoms with Gasteiger partial charge in [-0.05, 0) is 96.4 Å². The van der Waals surface area contributed by atoms with Gasteiger partial charge < -0.3 is 132 Å². The third-order valence-corrected chi connectivity index (χ3v) is 20.0. The van der Waals surface area contributed by atoms with Crippen molar-refractivity contribution in [2.45, 2.75) is 95.5 Å². The Morgan fingerprint density at radius 1 is 0.410 bits per heavy atom. The Bertz CT molecular complexity index is 4980. The monoisotopic (exact) mass is 1710 g/mol. The number of anilines is 7. The second kappa shape index (κ2) is 46.7. The number of hydrogen-bond acceptors (Lipinski definition) is 24. The summed E-state index contributed by atoms with van der Waals surface area (Å²) >= 11 is 1.41. The van der Waals surface area contributed by atoms with Gasteiger partial charge in [-0.25, -0.2) is 19.9 Å². The Balaban J connectivity index is 0.646. The SMILES string of the molecule is CNC(CCCCNC(=O)CSCCC(=O)NCCCCN(C)CCCNC(=O)CCNC(=O)c1cc(NC(=O)c2nc(NC(=O)CCNC(=O)c3cc(NC(=O)c4nc(NC(=O)CCCNC(=O)c5cc(NC(=O)c6nc(NC(=O)CCN[C@H](O)c7cc(NC(=O)c8nccn8C)cn7C)cn6C)cn5C)cn4C)cn3C)cn2C)cn1C)[C@@H](N)O. The van der Waals surface area contributed by atoms with Crippen molar-refractivity contribution in [1.29, 1.82) is 0 Å². The van der Waals surface area contributed by atoms with Gasteiger partial charge in [-0.15, -0.1) is 0 Å². The number of hydrogen-bond donors (Lipinski definition) is 18. The first-order valence-electron chi connectivity index (χ1n) is 39.5. The number of nitrogens with zero attached hydrogens (tertiary/aromatic N) is 13. The summed E-state index contributed by atoms with van der Waals surface area (Å²) in [7, 11) is 16.6. The molecular formula is C77H111N29O15S. The molecule has 45 heteroatoms. The fraction of sp³-hybridized carbons (Fsp3) is 0.468. The van der Waals surface area contributed by atoms with Crippen LogP contribution in [0.1, 0.15) is 163 Å². The minimum Gasteiger partial charge on any atom is -0.377 e. The van der Waals surface area contributed by atoms with Crippen LogP contribution in [0.5, 0.6) is 0 Å². The number of rotatable bonds is 50. The molecule has 1 unspecified atom stereocenters. The molecule has 0 saturated heterocycles. The second-order valence-corrected chi connectivity index (χ2v) is 30.1.